The van der Waals surface area contributed by atoms with Crippen LogP contribution in [0.5, 0.6) is 0 Å². The third kappa shape index (κ3) is 2.30. The summed E-state index contributed by atoms with van der Waals surface area (Å²) in [6, 6.07) is 10.6. The standard InChI is InChI=1S/C18H17ClN2/c1-10-7-8-14(9-13(10)4)17-15-11(2)5-6-12(3)16(15)18(19)21-20-17/h5-9H,1-4H3. The van der Waals surface area contributed by atoms with Crippen LogP contribution >= 0.6 is 11.6 Å². The zero-order chi connectivity index (χ0) is 15.1. The molecule has 0 saturated heterocycles. The van der Waals surface area contributed by atoms with Crippen LogP contribution in [-0.2, 0) is 0 Å². The Kier molecular flexibility index (Phi) is 3.42. The predicted molar refractivity (Wildman–Crippen MR) is 88.9 cm³/mol. The molecule has 3 heteroatoms. The molecule has 3 rings (SSSR count). The summed E-state index contributed by atoms with van der Waals surface area (Å²) >= 11 is 6.28. The van der Waals surface area contributed by atoms with Crippen LogP contribution < -0.4 is 0 Å². The van der Waals surface area contributed by atoms with Gasteiger partial charge < -0.3 is 0 Å². The number of hydrogen-bond donors (Lipinski definition) is 0. The Labute approximate surface area is 129 Å². The first-order valence-corrected chi connectivity index (χ1v) is 7.36. The quantitative estimate of drug-likeness (QED) is 0.618. The van der Waals surface area contributed by atoms with Gasteiger partial charge in [-0.05, 0) is 56.0 Å². The average Bonchev–Trinajstić information content (AvgIpc) is 2.46. The summed E-state index contributed by atoms with van der Waals surface area (Å²) in [5, 5.41) is 11.1. The molecule has 21 heavy (non-hydrogen) atoms. The Morgan fingerprint density at radius 2 is 1.33 bits per heavy atom. The maximum absolute atomic E-state index is 6.28. The van der Waals surface area contributed by atoms with Crippen LogP contribution in [0, 0.1) is 27.7 Å². The number of aromatic nitrogens is 2. The zero-order valence-corrected chi connectivity index (χ0v) is 13.4. The van der Waals surface area contributed by atoms with Crippen molar-refractivity contribution in [3.63, 3.8) is 0 Å². The lowest BCUT2D eigenvalue weighted by atomic mass is 9.96. The van der Waals surface area contributed by atoms with Crippen molar-refractivity contribution >= 4 is 22.4 Å². The minimum atomic E-state index is 0.471. The van der Waals surface area contributed by atoms with Gasteiger partial charge in [-0.25, -0.2) is 0 Å². The number of halogens is 1. The molecule has 0 aliphatic heterocycles. The molecule has 0 atom stereocenters. The van der Waals surface area contributed by atoms with E-state index in [9.17, 15) is 0 Å². The van der Waals surface area contributed by atoms with Crippen molar-refractivity contribution in [2.24, 2.45) is 0 Å². The van der Waals surface area contributed by atoms with Crippen molar-refractivity contribution < 1.29 is 0 Å². The van der Waals surface area contributed by atoms with E-state index in [1.165, 1.54) is 16.7 Å². The second-order valence-electron chi connectivity index (χ2n) is 5.59. The Bertz CT molecular complexity index is 845. The van der Waals surface area contributed by atoms with Crippen LogP contribution in [0.1, 0.15) is 22.3 Å². The van der Waals surface area contributed by atoms with Gasteiger partial charge in [-0.3, -0.25) is 0 Å². The summed E-state index contributed by atoms with van der Waals surface area (Å²) < 4.78 is 0. The van der Waals surface area contributed by atoms with E-state index in [-0.39, 0.29) is 0 Å². The third-order valence-corrected chi connectivity index (χ3v) is 4.35. The lowest BCUT2D eigenvalue weighted by Gasteiger charge is -2.12. The molecular weight excluding hydrogens is 280 g/mol. The Morgan fingerprint density at radius 3 is 2.00 bits per heavy atom. The van der Waals surface area contributed by atoms with Crippen molar-refractivity contribution in [3.8, 4) is 11.3 Å². The smallest absolute Gasteiger partial charge is 0.148 e. The molecule has 1 aromatic heterocycles. The normalized spacial score (nSPS) is 11.1. The van der Waals surface area contributed by atoms with E-state index in [0.29, 0.717) is 5.15 Å². The maximum atomic E-state index is 6.28. The van der Waals surface area contributed by atoms with Gasteiger partial charge in [-0.2, -0.15) is 0 Å². The molecule has 0 fully saturated rings. The van der Waals surface area contributed by atoms with E-state index < -0.39 is 0 Å². The van der Waals surface area contributed by atoms with Crippen LogP contribution in [0.2, 0.25) is 5.15 Å². The van der Waals surface area contributed by atoms with E-state index in [2.05, 4.69) is 68.2 Å². The van der Waals surface area contributed by atoms with Gasteiger partial charge in [0.2, 0.25) is 0 Å². The molecule has 0 unspecified atom stereocenters. The van der Waals surface area contributed by atoms with Crippen molar-refractivity contribution in [2.45, 2.75) is 27.7 Å². The fourth-order valence-corrected chi connectivity index (χ4v) is 2.95. The molecule has 0 radical (unpaired) electrons. The van der Waals surface area contributed by atoms with Crippen molar-refractivity contribution in [2.75, 3.05) is 0 Å². The van der Waals surface area contributed by atoms with Gasteiger partial charge in [-0.1, -0.05) is 35.9 Å². The first-order chi connectivity index (χ1) is 9.99. The molecule has 106 valence electrons. The average molecular weight is 297 g/mol. The van der Waals surface area contributed by atoms with Crippen LogP contribution in [0.25, 0.3) is 22.0 Å². The molecular formula is C18H17ClN2. The second kappa shape index (κ2) is 5.12. The molecule has 2 aromatic carbocycles. The van der Waals surface area contributed by atoms with Gasteiger partial charge in [0.25, 0.3) is 0 Å². The minimum absolute atomic E-state index is 0.471. The van der Waals surface area contributed by atoms with Crippen LogP contribution in [-0.4, -0.2) is 10.2 Å². The number of benzene rings is 2. The Hall–Kier alpha value is -1.93. The zero-order valence-electron chi connectivity index (χ0n) is 12.7. The summed E-state index contributed by atoms with van der Waals surface area (Å²) in [6.45, 7) is 8.37. The monoisotopic (exact) mass is 296 g/mol. The minimum Gasteiger partial charge on any atom is -0.148 e. The summed E-state index contributed by atoms with van der Waals surface area (Å²) in [7, 11) is 0. The topological polar surface area (TPSA) is 25.8 Å². The fourth-order valence-electron chi connectivity index (χ4n) is 2.67. The molecule has 0 aliphatic rings. The predicted octanol–water partition coefficient (Wildman–Crippen LogP) is 5.18. The highest BCUT2D eigenvalue weighted by molar-refractivity contribution is 6.35. The largest absolute Gasteiger partial charge is 0.159 e. The molecule has 1 heterocycles. The van der Waals surface area contributed by atoms with Gasteiger partial charge in [-0.15, -0.1) is 10.2 Å². The highest BCUT2D eigenvalue weighted by atomic mass is 35.5. The van der Waals surface area contributed by atoms with Crippen molar-refractivity contribution in [1.82, 2.24) is 10.2 Å². The van der Waals surface area contributed by atoms with E-state index in [0.717, 1.165) is 27.6 Å². The van der Waals surface area contributed by atoms with E-state index in [1.807, 2.05) is 0 Å². The van der Waals surface area contributed by atoms with Crippen LogP contribution in [0.15, 0.2) is 30.3 Å². The number of fused-ring (bicyclic) bond motifs is 1. The number of nitrogens with zero attached hydrogens (tertiary/aromatic N) is 2. The highest BCUT2D eigenvalue weighted by Gasteiger charge is 2.14. The van der Waals surface area contributed by atoms with Gasteiger partial charge in [0.1, 0.15) is 5.69 Å². The van der Waals surface area contributed by atoms with Crippen molar-refractivity contribution in [1.29, 1.82) is 0 Å². The van der Waals surface area contributed by atoms with Gasteiger partial charge in [0, 0.05) is 16.3 Å². The fraction of sp³-hybridized carbons (Fsp3) is 0.222. The summed E-state index contributed by atoms with van der Waals surface area (Å²) in [5.41, 5.74) is 6.81. The molecule has 3 aromatic rings. The van der Waals surface area contributed by atoms with Crippen LogP contribution in [0.4, 0.5) is 0 Å². The number of hydrogen-bond acceptors (Lipinski definition) is 2. The summed E-state index contributed by atoms with van der Waals surface area (Å²) in [4.78, 5) is 0. The lowest BCUT2D eigenvalue weighted by molar-refractivity contribution is 1.05. The first-order valence-electron chi connectivity index (χ1n) is 6.98. The van der Waals surface area contributed by atoms with Gasteiger partial charge in [0.05, 0.1) is 0 Å². The lowest BCUT2D eigenvalue weighted by Crippen LogP contribution is -1.96. The molecule has 0 bridgehead atoms. The number of aryl methyl sites for hydroxylation is 4. The van der Waals surface area contributed by atoms with Crippen molar-refractivity contribution in [3.05, 3.63) is 57.7 Å². The summed E-state index contributed by atoms with van der Waals surface area (Å²) in [5.74, 6) is 0. The molecule has 0 N–H and O–H groups in total. The first kappa shape index (κ1) is 14.0. The van der Waals surface area contributed by atoms with Gasteiger partial charge >= 0.3 is 0 Å². The van der Waals surface area contributed by atoms with Crippen LogP contribution in [0.3, 0.4) is 0 Å². The Balaban J connectivity index is 2.41. The van der Waals surface area contributed by atoms with E-state index in [4.69, 9.17) is 11.6 Å². The highest BCUT2D eigenvalue weighted by Crippen LogP contribution is 2.34. The molecule has 2 nitrogen and oxygen atoms in total. The maximum Gasteiger partial charge on any atom is 0.159 e. The molecule has 0 aliphatic carbocycles. The van der Waals surface area contributed by atoms with E-state index in [1.54, 1.807) is 0 Å². The third-order valence-electron chi connectivity index (χ3n) is 4.08. The summed E-state index contributed by atoms with van der Waals surface area (Å²) in [6.07, 6.45) is 0. The molecule has 0 saturated carbocycles. The molecule has 0 spiro atoms. The van der Waals surface area contributed by atoms with Gasteiger partial charge in [0.15, 0.2) is 5.15 Å². The molecule has 0 amide bonds. The Morgan fingerprint density at radius 1 is 0.714 bits per heavy atom. The second-order valence-corrected chi connectivity index (χ2v) is 5.95. The number of rotatable bonds is 1. The SMILES string of the molecule is Cc1ccc(-c2nnc(Cl)c3c(C)ccc(C)c23)cc1C. The van der Waals surface area contributed by atoms with E-state index >= 15 is 0 Å².